The molecule has 0 aliphatic heterocycles. The van der Waals surface area contributed by atoms with Crippen molar-refractivity contribution in [1.29, 1.82) is 0 Å². The Bertz CT molecular complexity index is 362. The summed E-state index contributed by atoms with van der Waals surface area (Å²) in [6.07, 6.45) is 2.33. The van der Waals surface area contributed by atoms with E-state index in [0.29, 0.717) is 12.2 Å². The number of aromatic nitrogens is 2. The van der Waals surface area contributed by atoms with Gasteiger partial charge in [-0.1, -0.05) is 0 Å². The minimum atomic E-state index is -1.06. The Morgan fingerprint density at radius 3 is 2.87 bits per heavy atom. The van der Waals surface area contributed by atoms with E-state index in [2.05, 4.69) is 5.10 Å². The molecule has 6 heteroatoms. The van der Waals surface area contributed by atoms with Crippen LogP contribution in [0.25, 0.3) is 0 Å². The molecule has 5 nitrogen and oxygen atoms in total. The van der Waals surface area contributed by atoms with Crippen molar-refractivity contribution in [3.05, 3.63) is 18.0 Å². The van der Waals surface area contributed by atoms with E-state index in [1.807, 2.05) is 13.1 Å². The van der Waals surface area contributed by atoms with Crippen LogP contribution in [-0.2, 0) is 29.1 Å². The molecule has 0 fully saturated rings. The van der Waals surface area contributed by atoms with Gasteiger partial charge in [-0.15, -0.1) is 0 Å². The van der Waals surface area contributed by atoms with Gasteiger partial charge < -0.3 is 5.11 Å². The Labute approximate surface area is 90.6 Å². The third kappa shape index (κ3) is 4.24. The Balaban J connectivity index is 2.28. The molecular weight excluding hydrogens is 216 g/mol. The molecule has 1 N–H and O–H groups in total. The van der Waals surface area contributed by atoms with Gasteiger partial charge in [0.05, 0.1) is 6.42 Å². The van der Waals surface area contributed by atoms with Crippen LogP contribution in [0.1, 0.15) is 12.1 Å². The first-order valence-corrected chi connectivity index (χ1v) is 6.12. The summed E-state index contributed by atoms with van der Waals surface area (Å²) >= 11 is 0. The van der Waals surface area contributed by atoms with Gasteiger partial charge in [-0.3, -0.25) is 13.7 Å². The van der Waals surface area contributed by atoms with Crippen molar-refractivity contribution < 1.29 is 14.1 Å². The Morgan fingerprint density at radius 1 is 1.60 bits per heavy atom. The number of aryl methyl sites for hydroxylation is 2. The van der Waals surface area contributed by atoms with Crippen molar-refractivity contribution in [2.45, 2.75) is 12.8 Å². The molecular formula is C9H14N2O3S. The Hall–Kier alpha value is -1.17. The van der Waals surface area contributed by atoms with E-state index in [-0.39, 0.29) is 12.2 Å². The van der Waals surface area contributed by atoms with Crippen LogP contribution >= 0.6 is 0 Å². The highest BCUT2D eigenvalue weighted by molar-refractivity contribution is 7.84. The third-order valence-corrected chi connectivity index (χ3v) is 3.37. The fourth-order valence-corrected chi connectivity index (χ4v) is 2.21. The molecule has 0 saturated carbocycles. The average molecular weight is 230 g/mol. The van der Waals surface area contributed by atoms with Crippen molar-refractivity contribution in [2.24, 2.45) is 7.05 Å². The zero-order valence-electron chi connectivity index (χ0n) is 8.55. The molecule has 15 heavy (non-hydrogen) atoms. The number of rotatable bonds is 6. The van der Waals surface area contributed by atoms with Crippen LogP contribution < -0.4 is 0 Å². The Kier molecular flexibility index (Phi) is 4.48. The van der Waals surface area contributed by atoms with Crippen molar-refractivity contribution >= 4 is 16.8 Å². The lowest BCUT2D eigenvalue weighted by Gasteiger charge is -2.01. The number of carboxylic acid groups (broad SMARTS) is 1. The van der Waals surface area contributed by atoms with Gasteiger partial charge in [0.25, 0.3) is 0 Å². The number of nitrogens with zero attached hydrogens (tertiary/aromatic N) is 2. The largest absolute Gasteiger partial charge is 0.481 e. The molecule has 0 radical (unpaired) electrons. The van der Waals surface area contributed by atoms with Gasteiger partial charge in [-0.2, -0.15) is 5.10 Å². The van der Waals surface area contributed by atoms with Crippen LogP contribution in [0.2, 0.25) is 0 Å². The number of carbonyl (C=O) groups is 1. The molecule has 0 spiro atoms. The van der Waals surface area contributed by atoms with Gasteiger partial charge in [-0.05, 0) is 6.07 Å². The fourth-order valence-electron chi connectivity index (χ4n) is 1.17. The van der Waals surface area contributed by atoms with Gasteiger partial charge in [0, 0.05) is 47.7 Å². The second-order valence-electron chi connectivity index (χ2n) is 3.19. The van der Waals surface area contributed by atoms with E-state index in [0.717, 1.165) is 5.69 Å². The summed E-state index contributed by atoms with van der Waals surface area (Å²) < 4.78 is 13.1. The van der Waals surface area contributed by atoms with Crippen LogP contribution in [0.15, 0.2) is 12.3 Å². The molecule has 1 aromatic rings. The summed E-state index contributed by atoms with van der Waals surface area (Å²) in [5.74, 6) is -0.177. The van der Waals surface area contributed by atoms with Gasteiger partial charge in [0.1, 0.15) is 0 Å². The quantitative estimate of drug-likeness (QED) is 0.757. The molecule has 0 aliphatic carbocycles. The van der Waals surface area contributed by atoms with E-state index in [4.69, 9.17) is 5.11 Å². The van der Waals surface area contributed by atoms with E-state index < -0.39 is 16.8 Å². The van der Waals surface area contributed by atoms with E-state index in [9.17, 15) is 9.00 Å². The van der Waals surface area contributed by atoms with Crippen LogP contribution in [0.4, 0.5) is 0 Å². The lowest BCUT2D eigenvalue weighted by atomic mass is 10.3. The average Bonchev–Trinajstić information content (AvgIpc) is 2.58. The van der Waals surface area contributed by atoms with Crippen molar-refractivity contribution in [3.8, 4) is 0 Å². The second kappa shape index (κ2) is 5.65. The van der Waals surface area contributed by atoms with Crippen LogP contribution in [0, 0.1) is 0 Å². The zero-order chi connectivity index (χ0) is 11.3. The molecule has 0 bridgehead atoms. The number of carboxylic acids is 1. The van der Waals surface area contributed by atoms with Crippen molar-refractivity contribution in [1.82, 2.24) is 9.78 Å². The monoisotopic (exact) mass is 230 g/mol. The van der Waals surface area contributed by atoms with Gasteiger partial charge in [0.2, 0.25) is 0 Å². The van der Waals surface area contributed by atoms with Crippen LogP contribution in [0.5, 0.6) is 0 Å². The molecule has 1 aromatic heterocycles. The molecule has 1 unspecified atom stereocenters. The predicted octanol–water partition coefficient (Wildman–Crippen LogP) is 0.186. The first kappa shape index (κ1) is 11.9. The summed E-state index contributed by atoms with van der Waals surface area (Å²) in [6, 6.07) is 1.87. The van der Waals surface area contributed by atoms with Gasteiger partial charge >= 0.3 is 5.97 Å². The summed E-state index contributed by atoms with van der Waals surface area (Å²) in [6.45, 7) is 0. The number of aliphatic carboxylic acids is 1. The van der Waals surface area contributed by atoms with E-state index in [1.54, 1.807) is 10.9 Å². The maximum absolute atomic E-state index is 11.4. The highest BCUT2D eigenvalue weighted by Crippen LogP contribution is 1.99. The fraction of sp³-hybridized carbons (Fsp3) is 0.556. The Morgan fingerprint density at radius 2 is 2.33 bits per heavy atom. The summed E-state index contributed by atoms with van der Waals surface area (Å²) in [5, 5.41) is 12.4. The maximum atomic E-state index is 11.4. The van der Waals surface area contributed by atoms with E-state index in [1.165, 1.54) is 0 Å². The first-order chi connectivity index (χ1) is 7.09. The van der Waals surface area contributed by atoms with Gasteiger partial charge in [0.15, 0.2) is 0 Å². The van der Waals surface area contributed by atoms with Crippen molar-refractivity contribution in [3.63, 3.8) is 0 Å². The lowest BCUT2D eigenvalue weighted by molar-refractivity contribution is -0.136. The van der Waals surface area contributed by atoms with Crippen LogP contribution in [-0.4, -0.2) is 36.6 Å². The molecule has 0 aliphatic rings. The normalized spacial score (nSPS) is 12.6. The lowest BCUT2D eigenvalue weighted by Crippen LogP contribution is -2.10. The third-order valence-electron chi connectivity index (χ3n) is 2.05. The maximum Gasteiger partial charge on any atom is 0.304 e. The molecule has 1 atom stereocenters. The van der Waals surface area contributed by atoms with Crippen LogP contribution in [0.3, 0.4) is 0 Å². The molecule has 1 rings (SSSR count). The number of hydrogen-bond acceptors (Lipinski definition) is 3. The van der Waals surface area contributed by atoms with E-state index >= 15 is 0 Å². The van der Waals surface area contributed by atoms with Crippen molar-refractivity contribution in [2.75, 3.05) is 11.5 Å². The first-order valence-electron chi connectivity index (χ1n) is 4.63. The molecule has 0 amide bonds. The highest BCUT2D eigenvalue weighted by Gasteiger charge is 2.05. The summed E-state index contributed by atoms with van der Waals surface area (Å²) in [7, 11) is 0.773. The summed E-state index contributed by atoms with van der Waals surface area (Å²) in [4.78, 5) is 10.2. The molecule has 84 valence electrons. The molecule has 0 saturated heterocycles. The standard InChI is InChI=1S/C9H14N2O3S/c1-11-8(2-5-10-11)3-6-15(14)7-4-9(12)13/h2,5H,3-4,6-7H2,1H3,(H,12,13). The summed E-state index contributed by atoms with van der Waals surface area (Å²) in [5.41, 5.74) is 1.01. The zero-order valence-corrected chi connectivity index (χ0v) is 9.37. The SMILES string of the molecule is Cn1nccc1CCS(=O)CCC(=O)O. The highest BCUT2D eigenvalue weighted by atomic mass is 32.2. The minimum Gasteiger partial charge on any atom is -0.481 e. The number of hydrogen-bond donors (Lipinski definition) is 1. The second-order valence-corrected chi connectivity index (χ2v) is 4.88. The predicted molar refractivity (Wildman–Crippen MR) is 57.0 cm³/mol. The smallest absolute Gasteiger partial charge is 0.304 e. The minimum absolute atomic E-state index is 0.0298. The topological polar surface area (TPSA) is 72.2 Å². The molecule has 1 heterocycles. The molecule has 0 aromatic carbocycles. The van der Waals surface area contributed by atoms with Gasteiger partial charge in [-0.25, -0.2) is 0 Å².